The van der Waals surface area contributed by atoms with E-state index in [1.165, 1.54) is 0 Å². The lowest BCUT2D eigenvalue weighted by molar-refractivity contribution is -0.472. The predicted octanol–water partition coefficient (Wildman–Crippen LogP) is 1.91. The van der Waals surface area contributed by atoms with Crippen LogP contribution in [-0.4, -0.2) is 10.6 Å². The van der Waals surface area contributed by atoms with Gasteiger partial charge in [0.05, 0.1) is 5.41 Å². The third-order valence-corrected chi connectivity index (χ3v) is 1.98. The van der Waals surface area contributed by atoms with Crippen molar-refractivity contribution in [2.45, 2.75) is 20.8 Å². The molecule has 0 spiro atoms. The van der Waals surface area contributed by atoms with Crippen LogP contribution in [0.2, 0.25) is 0 Å². The van der Waals surface area contributed by atoms with E-state index in [-0.39, 0.29) is 5.41 Å². The first-order valence-corrected chi connectivity index (χ1v) is 4.58. The van der Waals surface area contributed by atoms with E-state index in [0.29, 0.717) is 10.6 Å². The quantitative estimate of drug-likeness (QED) is 0.243. The van der Waals surface area contributed by atoms with Crippen molar-refractivity contribution < 1.29 is 4.85 Å². The van der Waals surface area contributed by atoms with Crippen LogP contribution in [0.4, 0.5) is 0 Å². The third-order valence-electron chi connectivity index (χ3n) is 1.98. The van der Waals surface area contributed by atoms with Crippen molar-refractivity contribution in [1.82, 2.24) is 0 Å². The van der Waals surface area contributed by atoms with Gasteiger partial charge in [-0.1, -0.05) is 43.8 Å². The van der Waals surface area contributed by atoms with Crippen LogP contribution in [0, 0.1) is 10.6 Å². The van der Waals surface area contributed by atoms with Crippen molar-refractivity contribution in [2.24, 2.45) is 11.3 Å². The van der Waals surface area contributed by atoms with Gasteiger partial charge >= 0.3 is 0 Å². The summed E-state index contributed by atoms with van der Waals surface area (Å²) in [6.45, 7) is 5.90. The Balaban J connectivity index is 3.24. The summed E-state index contributed by atoms with van der Waals surface area (Å²) >= 11 is 0. The Morgan fingerprint density at radius 3 is 2.07 bits per heavy atom. The summed E-state index contributed by atoms with van der Waals surface area (Å²) in [5, 5.41) is 11.2. The molecule has 0 heterocycles. The maximum absolute atomic E-state index is 11.2. The molecular formula is C11H16N2O. The molecule has 0 radical (unpaired) electrons. The van der Waals surface area contributed by atoms with Gasteiger partial charge < -0.3 is 5.21 Å². The molecule has 14 heavy (non-hydrogen) atoms. The van der Waals surface area contributed by atoms with Crippen molar-refractivity contribution in [1.29, 1.82) is 0 Å². The molecule has 1 aromatic carbocycles. The molecule has 0 aliphatic carbocycles. The average Bonchev–Trinajstić information content (AvgIpc) is 2.02. The van der Waals surface area contributed by atoms with E-state index in [2.05, 4.69) is 0 Å². The molecule has 0 aliphatic rings. The molecule has 2 N–H and O–H groups in total. The molecule has 1 rings (SSSR count). The third kappa shape index (κ3) is 2.25. The number of rotatable bonds is 1. The molecule has 76 valence electrons. The topological polar surface area (TPSA) is 52.1 Å². The van der Waals surface area contributed by atoms with E-state index in [9.17, 15) is 5.21 Å². The van der Waals surface area contributed by atoms with Gasteiger partial charge in [0, 0.05) is 5.56 Å². The molecule has 3 heteroatoms. The van der Waals surface area contributed by atoms with Crippen LogP contribution in [0.25, 0.3) is 0 Å². The van der Waals surface area contributed by atoms with Crippen molar-refractivity contribution in [3.63, 3.8) is 0 Å². The minimum absolute atomic E-state index is 0.252. The first-order chi connectivity index (χ1) is 6.43. The Morgan fingerprint density at radius 2 is 1.71 bits per heavy atom. The molecule has 0 fully saturated rings. The molecule has 0 saturated carbocycles. The molecule has 0 aromatic heterocycles. The second kappa shape index (κ2) is 3.70. The van der Waals surface area contributed by atoms with Crippen LogP contribution >= 0.6 is 0 Å². The van der Waals surface area contributed by atoms with E-state index in [1.54, 1.807) is 0 Å². The Labute approximate surface area is 84.4 Å². The van der Waals surface area contributed by atoms with Crippen molar-refractivity contribution in [3.8, 4) is 0 Å². The molecule has 0 saturated heterocycles. The minimum atomic E-state index is -0.252. The highest BCUT2D eigenvalue weighted by atomic mass is 16.5. The number of benzene rings is 1. The van der Waals surface area contributed by atoms with Crippen LogP contribution in [0.5, 0.6) is 0 Å². The van der Waals surface area contributed by atoms with Gasteiger partial charge in [0.25, 0.3) is 0 Å². The predicted molar refractivity (Wildman–Crippen MR) is 57.8 cm³/mol. The van der Waals surface area contributed by atoms with E-state index in [1.807, 2.05) is 51.1 Å². The summed E-state index contributed by atoms with van der Waals surface area (Å²) in [4.78, 5) is 0.454. The summed E-state index contributed by atoms with van der Waals surface area (Å²) in [5.74, 6) is 5.30. The number of hydrazine groups is 1. The molecular weight excluding hydrogens is 176 g/mol. The standard InChI is InChI=1S/C11H16N2O/c1-11(2,3)10(13(12)14)9-7-5-4-6-8-9/h4-8H,12H2,1-3H3. The fraction of sp³-hybridized carbons (Fsp3) is 0.364. The summed E-state index contributed by atoms with van der Waals surface area (Å²) in [7, 11) is 0. The van der Waals surface area contributed by atoms with Crippen molar-refractivity contribution >= 4 is 5.71 Å². The Morgan fingerprint density at radius 1 is 1.21 bits per heavy atom. The van der Waals surface area contributed by atoms with Crippen molar-refractivity contribution in [3.05, 3.63) is 41.1 Å². The average molecular weight is 192 g/mol. The van der Waals surface area contributed by atoms with Gasteiger partial charge in [-0.3, -0.25) is 0 Å². The van der Waals surface area contributed by atoms with Crippen LogP contribution in [0.1, 0.15) is 26.3 Å². The van der Waals surface area contributed by atoms with Gasteiger partial charge in [0.15, 0.2) is 0 Å². The molecule has 0 amide bonds. The molecule has 3 nitrogen and oxygen atoms in total. The Kier molecular flexibility index (Phi) is 2.79. The first kappa shape index (κ1) is 10.6. The first-order valence-electron chi connectivity index (χ1n) is 4.58. The number of nitrogens with two attached hydrogens (primary N) is 1. The monoisotopic (exact) mass is 192 g/mol. The molecule has 0 unspecified atom stereocenters. The van der Waals surface area contributed by atoms with Gasteiger partial charge in [-0.25, -0.2) is 0 Å². The molecule has 0 bridgehead atoms. The van der Waals surface area contributed by atoms with Crippen LogP contribution in [0.15, 0.2) is 30.3 Å². The summed E-state index contributed by atoms with van der Waals surface area (Å²) in [6.07, 6.45) is 0. The second-order valence-electron chi connectivity index (χ2n) is 4.29. The molecule has 1 aromatic rings. The number of hydrogen-bond acceptors (Lipinski definition) is 2. The van der Waals surface area contributed by atoms with Gasteiger partial charge in [0.2, 0.25) is 5.71 Å². The number of nitrogens with zero attached hydrogens (tertiary/aromatic N) is 1. The zero-order chi connectivity index (χ0) is 10.8. The van der Waals surface area contributed by atoms with Gasteiger partial charge in [-0.2, -0.15) is 5.84 Å². The number of hydrazone groups is 1. The normalized spacial score (nSPS) is 13.6. The zero-order valence-electron chi connectivity index (χ0n) is 8.82. The van der Waals surface area contributed by atoms with E-state index >= 15 is 0 Å². The van der Waals surface area contributed by atoms with E-state index < -0.39 is 0 Å². The number of hydrogen-bond donors (Lipinski definition) is 1. The SMILES string of the molecule is CC(C)(C)C(c1ccccc1)=[N+](N)[O-]. The van der Waals surface area contributed by atoms with E-state index in [0.717, 1.165) is 5.56 Å². The fourth-order valence-corrected chi connectivity index (χ4v) is 1.49. The van der Waals surface area contributed by atoms with Gasteiger partial charge in [-0.15, -0.1) is 0 Å². The maximum Gasteiger partial charge on any atom is 0.230 e. The smallest absolute Gasteiger partial charge is 0.230 e. The maximum atomic E-state index is 11.2. The molecule has 0 aliphatic heterocycles. The summed E-state index contributed by atoms with van der Waals surface area (Å²) in [5.41, 5.74) is 1.22. The highest BCUT2D eigenvalue weighted by molar-refractivity contribution is 6.00. The second-order valence-corrected chi connectivity index (χ2v) is 4.29. The Hall–Kier alpha value is -1.51. The lowest BCUT2D eigenvalue weighted by Gasteiger charge is -2.18. The zero-order valence-corrected chi connectivity index (χ0v) is 8.82. The van der Waals surface area contributed by atoms with Gasteiger partial charge in [-0.05, 0) is 12.1 Å². The largest absolute Gasteiger partial charge is 0.596 e. The van der Waals surface area contributed by atoms with E-state index in [4.69, 9.17) is 5.84 Å². The fourth-order valence-electron chi connectivity index (χ4n) is 1.49. The lowest BCUT2D eigenvalue weighted by atomic mass is 9.85. The molecule has 0 atom stereocenters. The minimum Gasteiger partial charge on any atom is -0.596 e. The summed E-state index contributed by atoms with van der Waals surface area (Å²) < 4.78 is 0. The van der Waals surface area contributed by atoms with Crippen LogP contribution < -0.4 is 5.84 Å². The van der Waals surface area contributed by atoms with Crippen LogP contribution in [-0.2, 0) is 0 Å². The Bertz CT molecular complexity index is 332. The van der Waals surface area contributed by atoms with Gasteiger partial charge in [0.1, 0.15) is 0 Å². The lowest BCUT2D eigenvalue weighted by Crippen LogP contribution is -2.33. The highest BCUT2D eigenvalue weighted by Crippen LogP contribution is 2.20. The van der Waals surface area contributed by atoms with Crippen molar-refractivity contribution in [2.75, 3.05) is 0 Å². The highest BCUT2D eigenvalue weighted by Gasteiger charge is 2.28. The summed E-state index contributed by atoms with van der Waals surface area (Å²) in [6, 6.07) is 9.47. The van der Waals surface area contributed by atoms with Crippen LogP contribution in [0.3, 0.4) is 0 Å².